The highest BCUT2D eigenvalue weighted by Crippen LogP contribution is 2.27. The number of carbonyl (C=O) groups excluding carboxylic acids is 1. The van der Waals surface area contributed by atoms with Gasteiger partial charge in [-0.25, -0.2) is 0 Å². The number of pyridine rings is 1. The average molecular weight is 360 g/mol. The van der Waals surface area contributed by atoms with Crippen LogP contribution >= 0.6 is 0 Å². The minimum absolute atomic E-state index is 0.0553. The molecule has 1 saturated heterocycles. The molecule has 0 bridgehead atoms. The number of hydrogen-bond donors (Lipinski definition) is 0. The van der Waals surface area contributed by atoms with Gasteiger partial charge >= 0.3 is 0 Å². The van der Waals surface area contributed by atoms with Gasteiger partial charge < -0.3 is 9.64 Å². The number of ether oxygens (including phenoxy) is 1. The van der Waals surface area contributed by atoms with E-state index in [4.69, 9.17) is 9.72 Å². The molecule has 0 unspecified atom stereocenters. The second kappa shape index (κ2) is 7.49. The molecule has 4 nitrogen and oxygen atoms in total. The summed E-state index contributed by atoms with van der Waals surface area (Å²) in [7, 11) is 0. The summed E-state index contributed by atoms with van der Waals surface area (Å²) in [5.74, 6) is 0.322. The number of benzene rings is 2. The fourth-order valence-electron chi connectivity index (χ4n) is 3.54. The van der Waals surface area contributed by atoms with Crippen molar-refractivity contribution >= 4 is 16.8 Å². The first-order valence-corrected chi connectivity index (χ1v) is 9.49. The van der Waals surface area contributed by atoms with Crippen molar-refractivity contribution in [3.05, 3.63) is 77.5 Å². The Morgan fingerprint density at radius 3 is 2.63 bits per heavy atom. The first-order valence-electron chi connectivity index (χ1n) is 9.49. The van der Waals surface area contributed by atoms with Gasteiger partial charge in [0.25, 0.3) is 5.91 Å². The number of amides is 1. The predicted octanol–water partition coefficient (Wildman–Crippen LogP) is 4.57. The Bertz CT molecular complexity index is 953. The number of hydrogen-bond acceptors (Lipinski definition) is 3. The predicted molar refractivity (Wildman–Crippen MR) is 107 cm³/mol. The van der Waals surface area contributed by atoms with Gasteiger partial charge in [-0.05, 0) is 23.6 Å². The molecule has 0 aliphatic carbocycles. The molecule has 4 heteroatoms. The lowest BCUT2D eigenvalue weighted by Crippen LogP contribution is -2.42. The van der Waals surface area contributed by atoms with Crippen molar-refractivity contribution in [1.82, 2.24) is 9.88 Å². The van der Waals surface area contributed by atoms with Gasteiger partial charge in [0.2, 0.25) is 0 Å². The van der Waals surface area contributed by atoms with E-state index in [0.717, 1.165) is 27.7 Å². The lowest BCUT2D eigenvalue weighted by molar-refractivity contribution is -0.0227. The minimum Gasteiger partial charge on any atom is -0.370 e. The third-order valence-corrected chi connectivity index (χ3v) is 5.08. The van der Waals surface area contributed by atoms with E-state index in [0.29, 0.717) is 19.7 Å². The lowest BCUT2D eigenvalue weighted by atomic mass is 10.0. The van der Waals surface area contributed by atoms with E-state index < -0.39 is 0 Å². The molecule has 0 radical (unpaired) electrons. The van der Waals surface area contributed by atoms with Crippen molar-refractivity contribution in [2.75, 3.05) is 19.7 Å². The smallest absolute Gasteiger partial charge is 0.254 e. The largest absolute Gasteiger partial charge is 0.370 e. The Balaban J connectivity index is 1.68. The van der Waals surface area contributed by atoms with Crippen LogP contribution in [0.1, 0.15) is 47.5 Å². The Hall–Kier alpha value is -2.72. The molecular weight excluding hydrogens is 336 g/mol. The van der Waals surface area contributed by atoms with Crippen LogP contribution in [-0.2, 0) is 4.74 Å². The molecule has 0 spiro atoms. The van der Waals surface area contributed by atoms with Gasteiger partial charge in [0, 0.05) is 17.6 Å². The van der Waals surface area contributed by atoms with Gasteiger partial charge in [-0.2, -0.15) is 0 Å². The Morgan fingerprint density at radius 2 is 1.85 bits per heavy atom. The Morgan fingerprint density at radius 1 is 1.11 bits per heavy atom. The van der Waals surface area contributed by atoms with Gasteiger partial charge in [0.15, 0.2) is 0 Å². The third kappa shape index (κ3) is 3.58. The van der Waals surface area contributed by atoms with Crippen LogP contribution in [0, 0.1) is 0 Å². The topological polar surface area (TPSA) is 42.4 Å². The molecule has 4 rings (SSSR count). The summed E-state index contributed by atoms with van der Waals surface area (Å²) in [6.07, 6.45) is -0.0819. The highest BCUT2D eigenvalue weighted by atomic mass is 16.5. The Labute approximate surface area is 159 Å². The molecule has 1 aliphatic heterocycles. The zero-order chi connectivity index (χ0) is 18.8. The fourth-order valence-corrected chi connectivity index (χ4v) is 3.54. The molecule has 2 aromatic carbocycles. The van der Waals surface area contributed by atoms with Crippen LogP contribution in [0.2, 0.25) is 0 Å². The second-order valence-corrected chi connectivity index (χ2v) is 7.29. The number of rotatable bonds is 3. The molecule has 27 heavy (non-hydrogen) atoms. The molecule has 1 amide bonds. The zero-order valence-corrected chi connectivity index (χ0v) is 15.8. The van der Waals surface area contributed by atoms with Crippen LogP contribution in [0.25, 0.3) is 10.9 Å². The molecule has 2 heterocycles. The maximum atomic E-state index is 13.4. The number of morpholine rings is 1. The molecular formula is C23H24N2O2. The van der Waals surface area contributed by atoms with Crippen molar-refractivity contribution in [1.29, 1.82) is 0 Å². The summed E-state index contributed by atoms with van der Waals surface area (Å²) in [4.78, 5) is 20.0. The third-order valence-electron chi connectivity index (χ3n) is 5.08. The second-order valence-electron chi connectivity index (χ2n) is 7.29. The lowest BCUT2D eigenvalue weighted by Gasteiger charge is -2.33. The number of aromatic nitrogens is 1. The van der Waals surface area contributed by atoms with E-state index in [1.54, 1.807) is 0 Å². The zero-order valence-electron chi connectivity index (χ0n) is 15.8. The maximum absolute atomic E-state index is 13.4. The van der Waals surface area contributed by atoms with Gasteiger partial charge in [-0.15, -0.1) is 0 Å². The van der Waals surface area contributed by atoms with E-state index >= 15 is 0 Å². The van der Waals surface area contributed by atoms with E-state index in [1.165, 1.54) is 0 Å². The van der Waals surface area contributed by atoms with Crippen LogP contribution in [0.5, 0.6) is 0 Å². The number of nitrogens with zero attached hydrogens (tertiary/aromatic N) is 2. The molecule has 1 fully saturated rings. The maximum Gasteiger partial charge on any atom is 0.254 e. The van der Waals surface area contributed by atoms with Crippen LogP contribution in [0.4, 0.5) is 0 Å². The molecule has 1 aromatic heterocycles. The van der Waals surface area contributed by atoms with E-state index in [1.807, 2.05) is 53.4 Å². The van der Waals surface area contributed by atoms with Crippen molar-refractivity contribution in [3.63, 3.8) is 0 Å². The highest BCUT2D eigenvalue weighted by molar-refractivity contribution is 6.06. The van der Waals surface area contributed by atoms with Crippen molar-refractivity contribution in [3.8, 4) is 0 Å². The van der Waals surface area contributed by atoms with Crippen LogP contribution < -0.4 is 0 Å². The SMILES string of the molecule is CC(C)c1cc(C(=O)N2CCO[C@H](c3ccccc3)C2)c2ccccc2n1. The van der Waals surface area contributed by atoms with E-state index in [2.05, 4.69) is 26.0 Å². The van der Waals surface area contributed by atoms with E-state index in [9.17, 15) is 4.79 Å². The molecule has 0 saturated carbocycles. The minimum atomic E-state index is -0.0819. The quantitative estimate of drug-likeness (QED) is 0.687. The molecule has 1 aliphatic rings. The average Bonchev–Trinajstić information content (AvgIpc) is 2.73. The monoisotopic (exact) mass is 360 g/mol. The van der Waals surface area contributed by atoms with Gasteiger partial charge in [0.1, 0.15) is 6.10 Å². The molecule has 3 aromatic rings. The molecule has 0 N–H and O–H groups in total. The standard InChI is InChI=1S/C23H24N2O2/c1-16(2)21-14-19(18-10-6-7-11-20(18)24-21)23(26)25-12-13-27-22(15-25)17-8-4-3-5-9-17/h3-11,14,16,22H,12-13,15H2,1-2H3/t22-/m0/s1. The summed E-state index contributed by atoms with van der Waals surface area (Å²) < 4.78 is 5.92. The highest BCUT2D eigenvalue weighted by Gasteiger charge is 2.27. The first-order chi connectivity index (χ1) is 13.1. The van der Waals surface area contributed by atoms with Gasteiger partial charge in [-0.3, -0.25) is 9.78 Å². The first kappa shape index (κ1) is 17.7. The van der Waals surface area contributed by atoms with Crippen LogP contribution in [0.15, 0.2) is 60.7 Å². The number of para-hydroxylation sites is 1. The van der Waals surface area contributed by atoms with Crippen LogP contribution in [-0.4, -0.2) is 35.5 Å². The van der Waals surface area contributed by atoms with Crippen molar-refractivity contribution < 1.29 is 9.53 Å². The normalized spacial score (nSPS) is 17.4. The Kier molecular flexibility index (Phi) is 4.90. The number of carbonyl (C=O) groups is 1. The molecule has 1 atom stereocenters. The van der Waals surface area contributed by atoms with Gasteiger partial charge in [0.05, 0.1) is 24.2 Å². The summed E-state index contributed by atoms with van der Waals surface area (Å²) in [5.41, 5.74) is 3.67. The van der Waals surface area contributed by atoms with E-state index in [-0.39, 0.29) is 17.9 Å². The summed E-state index contributed by atoms with van der Waals surface area (Å²) in [6.45, 7) is 5.93. The summed E-state index contributed by atoms with van der Waals surface area (Å²) in [6, 6.07) is 20.0. The molecule has 138 valence electrons. The van der Waals surface area contributed by atoms with Crippen molar-refractivity contribution in [2.45, 2.75) is 25.9 Å². The van der Waals surface area contributed by atoms with Crippen molar-refractivity contribution in [2.24, 2.45) is 0 Å². The summed E-state index contributed by atoms with van der Waals surface area (Å²) >= 11 is 0. The van der Waals surface area contributed by atoms with Crippen LogP contribution in [0.3, 0.4) is 0 Å². The summed E-state index contributed by atoms with van der Waals surface area (Å²) in [5, 5.41) is 0.912. The number of fused-ring (bicyclic) bond motifs is 1. The van der Waals surface area contributed by atoms with Gasteiger partial charge in [-0.1, -0.05) is 62.4 Å². The fraction of sp³-hybridized carbons (Fsp3) is 0.304.